The average Bonchev–Trinajstić information content (AvgIpc) is 2.73. The summed E-state index contributed by atoms with van der Waals surface area (Å²) < 4.78 is 33.8. The summed E-state index contributed by atoms with van der Waals surface area (Å²) in [6.45, 7) is 2.14. The van der Waals surface area contributed by atoms with Gasteiger partial charge in [-0.2, -0.15) is 14.0 Å². The van der Waals surface area contributed by atoms with Gasteiger partial charge >= 0.3 is 6.11 Å². The third-order valence-corrected chi connectivity index (χ3v) is 5.36. The number of nitrogens with zero attached hydrogens (tertiary/aromatic N) is 1. The second-order valence-corrected chi connectivity index (χ2v) is 7.33. The Hall–Kier alpha value is -2.67. The second-order valence-electron chi connectivity index (χ2n) is 7.33. The van der Waals surface area contributed by atoms with Crippen molar-refractivity contribution in [1.82, 2.24) is 0 Å². The van der Waals surface area contributed by atoms with Crippen LogP contribution in [0.15, 0.2) is 60.7 Å². The first-order valence-corrected chi connectivity index (χ1v) is 9.86. The number of ether oxygens (including phenoxy) is 1. The van der Waals surface area contributed by atoms with Crippen LogP contribution in [-0.4, -0.2) is 0 Å². The molecule has 1 aliphatic carbocycles. The van der Waals surface area contributed by atoms with E-state index in [0.29, 0.717) is 17.4 Å². The van der Waals surface area contributed by atoms with Crippen LogP contribution in [0.25, 0.3) is 0 Å². The van der Waals surface area contributed by atoms with E-state index >= 15 is 0 Å². The summed E-state index contributed by atoms with van der Waals surface area (Å²) >= 11 is 0. The van der Waals surface area contributed by atoms with Gasteiger partial charge in [0.2, 0.25) is 0 Å². The summed E-state index contributed by atoms with van der Waals surface area (Å²) in [7, 11) is 0. The van der Waals surface area contributed by atoms with Crippen LogP contribution >= 0.6 is 0 Å². The van der Waals surface area contributed by atoms with Crippen molar-refractivity contribution in [2.45, 2.75) is 51.1 Å². The van der Waals surface area contributed by atoms with Crippen molar-refractivity contribution in [2.24, 2.45) is 5.92 Å². The first kappa shape index (κ1) is 20.1. The molecule has 0 spiro atoms. The molecule has 146 valence electrons. The van der Waals surface area contributed by atoms with Gasteiger partial charge in [-0.3, -0.25) is 0 Å². The summed E-state index contributed by atoms with van der Waals surface area (Å²) in [5.41, 5.74) is 1.36. The maximum atomic E-state index is 14.5. The predicted octanol–water partition coefficient (Wildman–Crippen LogP) is 6.93. The van der Waals surface area contributed by atoms with Crippen LogP contribution in [0.4, 0.5) is 8.78 Å². The highest BCUT2D eigenvalue weighted by molar-refractivity contribution is 5.35. The molecule has 0 aromatic heterocycles. The number of alkyl halides is 2. The van der Waals surface area contributed by atoms with E-state index < -0.39 is 6.11 Å². The minimum atomic E-state index is -3.42. The van der Waals surface area contributed by atoms with Crippen LogP contribution in [0.5, 0.6) is 5.75 Å². The monoisotopic (exact) mass is 381 g/mol. The molecule has 2 aromatic carbocycles. The molecule has 0 amide bonds. The van der Waals surface area contributed by atoms with E-state index in [9.17, 15) is 8.78 Å². The molecule has 2 aromatic rings. The van der Waals surface area contributed by atoms with Crippen LogP contribution < -0.4 is 4.74 Å². The average molecular weight is 381 g/mol. The van der Waals surface area contributed by atoms with E-state index in [0.717, 1.165) is 37.7 Å². The molecule has 28 heavy (non-hydrogen) atoms. The Balaban J connectivity index is 1.63. The van der Waals surface area contributed by atoms with E-state index in [1.165, 1.54) is 36.4 Å². The third kappa shape index (κ3) is 4.98. The molecule has 0 atom stereocenters. The molecular formula is C24H25F2NO. The fourth-order valence-corrected chi connectivity index (χ4v) is 3.73. The van der Waals surface area contributed by atoms with Crippen LogP contribution in [0.2, 0.25) is 0 Å². The number of rotatable bonds is 6. The SMILES string of the molecule is CC/C=C/C1CCC(c2ccc(C(F)(F)Oc3ccc(C#N)cc3)cc2)CC1. The Bertz CT molecular complexity index is 826. The molecule has 4 heteroatoms. The third-order valence-electron chi connectivity index (χ3n) is 5.36. The van der Waals surface area contributed by atoms with Crippen molar-refractivity contribution >= 4 is 0 Å². The van der Waals surface area contributed by atoms with Gasteiger partial charge in [-0.1, -0.05) is 31.2 Å². The number of nitriles is 1. The second kappa shape index (κ2) is 9.01. The van der Waals surface area contributed by atoms with E-state index in [1.807, 2.05) is 6.07 Å². The number of hydrogen-bond donors (Lipinski definition) is 0. The highest BCUT2D eigenvalue weighted by Crippen LogP contribution is 2.38. The van der Waals surface area contributed by atoms with Gasteiger partial charge in [0.25, 0.3) is 0 Å². The Morgan fingerprint density at radius 2 is 1.68 bits per heavy atom. The normalized spacial score (nSPS) is 20.1. The van der Waals surface area contributed by atoms with Crippen LogP contribution in [-0.2, 0) is 6.11 Å². The minimum absolute atomic E-state index is 0.0338. The highest BCUT2D eigenvalue weighted by Gasteiger charge is 2.34. The number of hydrogen-bond acceptors (Lipinski definition) is 2. The first-order valence-electron chi connectivity index (χ1n) is 9.86. The Kier molecular flexibility index (Phi) is 6.46. The molecule has 0 unspecified atom stereocenters. The maximum Gasteiger partial charge on any atom is 0.426 e. The lowest BCUT2D eigenvalue weighted by atomic mass is 9.78. The summed E-state index contributed by atoms with van der Waals surface area (Å²) in [4.78, 5) is 0. The lowest BCUT2D eigenvalue weighted by molar-refractivity contribution is -0.185. The van der Waals surface area contributed by atoms with Crippen LogP contribution in [0, 0.1) is 17.2 Å². The van der Waals surface area contributed by atoms with E-state index in [-0.39, 0.29) is 11.3 Å². The Labute approximate surface area is 165 Å². The van der Waals surface area contributed by atoms with Crippen molar-refractivity contribution in [3.63, 3.8) is 0 Å². The van der Waals surface area contributed by atoms with Crippen LogP contribution in [0.3, 0.4) is 0 Å². The maximum absolute atomic E-state index is 14.5. The van der Waals surface area contributed by atoms with E-state index in [1.54, 1.807) is 12.1 Å². The smallest absolute Gasteiger partial charge is 0.426 e. The van der Waals surface area contributed by atoms with Crippen molar-refractivity contribution in [2.75, 3.05) is 0 Å². The zero-order valence-corrected chi connectivity index (χ0v) is 16.1. The molecule has 1 fully saturated rings. The molecule has 1 aliphatic rings. The molecule has 1 saturated carbocycles. The van der Waals surface area contributed by atoms with Crippen molar-refractivity contribution in [3.05, 3.63) is 77.4 Å². The van der Waals surface area contributed by atoms with Gasteiger partial charge in [-0.15, -0.1) is 0 Å². The molecule has 2 nitrogen and oxygen atoms in total. The van der Waals surface area contributed by atoms with Gasteiger partial charge in [-0.05, 0) is 85.9 Å². The van der Waals surface area contributed by atoms with Crippen LogP contribution in [0.1, 0.15) is 61.6 Å². The van der Waals surface area contributed by atoms with E-state index in [4.69, 9.17) is 10.00 Å². The predicted molar refractivity (Wildman–Crippen MR) is 106 cm³/mol. The molecule has 0 N–H and O–H groups in total. The summed E-state index contributed by atoms with van der Waals surface area (Å²) in [6.07, 6.45) is 6.69. The summed E-state index contributed by atoms with van der Waals surface area (Å²) in [5.74, 6) is 1.13. The summed E-state index contributed by atoms with van der Waals surface area (Å²) in [5, 5.41) is 8.78. The first-order chi connectivity index (χ1) is 13.5. The largest absolute Gasteiger partial charge is 0.429 e. The molecule has 0 radical (unpaired) electrons. The quantitative estimate of drug-likeness (QED) is 0.508. The van der Waals surface area contributed by atoms with Gasteiger partial charge in [0.05, 0.1) is 17.2 Å². The van der Waals surface area contributed by atoms with Gasteiger partial charge in [0.1, 0.15) is 5.75 Å². The topological polar surface area (TPSA) is 33.0 Å². The molecule has 3 rings (SSSR count). The van der Waals surface area contributed by atoms with Crippen molar-refractivity contribution in [3.8, 4) is 11.8 Å². The fourth-order valence-electron chi connectivity index (χ4n) is 3.73. The number of allylic oxidation sites excluding steroid dienone is 2. The van der Waals surface area contributed by atoms with Gasteiger partial charge < -0.3 is 4.74 Å². The standard InChI is InChI=1S/C24H25F2NO/c1-2-3-4-18-5-9-20(10-6-18)21-11-13-22(14-12-21)24(25,26)28-23-15-7-19(17-27)8-16-23/h3-4,7-8,11-16,18,20H,2,5-6,9-10H2,1H3/b4-3+. The van der Waals surface area contributed by atoms with Crippen molar-refractivity contribution < 1.29 is 13.5 Å². The van der Waals surface area contributed by atoms with Gasteiger partial charge in [-0.25, -0.2) is 0 Å². The number of halogens is 2. The lowest BCUT2D eigenvalue weighted by Gasteiger charge is -2.27. The molecule has 0 saturated heterocycles. The van der Waals surface area contributed by atoms with Crippen molar-refractivity contribution in [1.29, 1.82) is 5.26 Å². The molecular weight excluding hydrogens is 356 g/mol. The Morgan fingerprint density at radius 3 is 2.25 bits per heavy atom. The molecule has 0 heterocycles. The highest BCUT2D eigenvalue weighted by atomic mass is 19.3. The number of benzene rings is 2. The van der Waals surface area contributed by atoms with Gasteiger partial charge in [0.15, 0.2) is 0 Å². The molecule has 0 bridgehead atoms. The fraction of sp³-hybridized carbons (Fsp3) is 0.375. The minimum Gasteiger partial charge on any atom is -0.429 e. The zero-order valence-electron chi connectivity index (χ0n) is 16.1. The van der Waals surface area contributed by atoms with E-state index in [2.05, 4.69) is 19.1 Å². The van der Waals surface area contributed by atoms with Gasteiger partial charge in [0, 0.05) is 0 Å². The lowest BCUT2D eigenvalue weighted by Crippen LogP contribution is -2.22. The Morgan fingerprint density at radius 1 is 1.04 bits per heavy atom. The molecule has 0 aliphatic heterocycles. The zero-order chi connectivity index (χ0) is 20.0. The summed E-state index contributed by atoms with van der Waals surface area (Å²) in [6, 6.07) is 14.2.